The SMILES string of the molecule is CCC(N)(CC)c1csc(COC)n1. The number of nitrogens with two attached hydrogens (primary N) is 1. The van der Waals surface area contributed by atoms with Crippen LogP contribution in [-0.4, -0.2) is 12.1 Å². The van der Waals surface area contributed by atoms with Crippen molar-refractivity contribution in [1.82, 2.24) is 4.98 Å². The summed E-state index contributed by atoms with van der Waals surface area (Å²) in [6.45, 7) is 4.77. The third-order valence-electron chi connectivity index (χ3n) is 2.59. The molecule has 0 aliphatic rings. The van der Waals surface area contributed by atoms with Gasteiger partial charge >= 0.3 is 0 Å². The van der Waals surface area contributed by atoms with E-state index in [1.165, 1.54) is 0 Å². The lowest BCUT2D eigenvalue weighted by atomic mass is 9.91. The van der Waals surface area contributed by atoms with Gasteiger partial charge in [-0.3, -0.25) is 0 Å². The first-order valence-corrected chi connectivity index (χ1v) is 5.77. The second-order valence-corrected chi connectivity index (χ2v) is 4.37. The van der Waals surface area contributed by atoms with Crippen molar-refractivity contribution in [2.24, 2.45) is 5.73 Å². The molecule has 80 valence electrons. The van der Waals surface area contributed by atoms with Crippen molar-refractivity contribution in [1.29, 1.82) is 0 Å². The third-order valence-corrected chi connectivity index (χ3v) is 3.41. The van der Waals surface area contributed by atoms with Crippen LogP contribution in [0.1, 0.15) is 37.4 Å². The van der Waals surface area contributed by atoms with Crippen molar-refractivity contribution >= 4 is 11.3 Å². The van der Waals surface area contributed by atoms with Crippen LogP contribution in [0.5, 0.6) is 0 Å². The molecule has 0 saturated carbocycles. The molecule has 0 spiro atoms. The van der Waals surface area contributed by atoms with E-state index >= 15 is 0 Å². The van der Waals surface area contributed by atoms with E-state index < -0.39 is 0 Å². The van der Waals surface area contributed by atoms with Crippen molar-refractivity contribution in [3.05, 3.63) is 16.1 Å². The molecule has 0 bridgehead atoms. The topological polar surface area (TPSA) is 48.1 Å². The second-order valence-electron chi connectivity index (χ2n) is 3.42. The van der Waals surface area contributed by atoms with Crippen LogP contribution in [0.2, 0.25) is 0 Å². The molecule has 0 aliphatic heterocycles. The molecule has 3 nitrogen and oxygen atoms in total. The molecule has 14 heavy (non-hydrogen) atoms. The molecular formula is C10H18N2OS. The number of hydrogen-bond donors (Lipinski definition) is 1. The Morgan fingerprint density at radius 3 is 2.64 bits per heavy atom. The third kappa shape index (κ3) is 2.32. The first-order chi connectivity index (χ1) is 6.66. The summed E-state index contributed by atoms with van der Waals surface area (Å²) in [6, 6.07) is 0. The molecule has 0 atom stereocenters. The number of thiazole rings is 1. The molecule has 0 unspecified atom stereocenters. The van der Waals surface area contributed by atoms with Crippen LogP contribution in [-0.2, 0) is 16.9 Å². The van der Waals surface area contributed by atoms with Crippen LogP contribution in [0.3, 0.4) is 0 Å². The zero-order chi connectivity index (χ0) is 10.6. The molecule has 0 aliphatic carbocycles. The first-order valence-electron chi connectivity index (χ1n) is 4.89. The Morgan fingerprint density at radius 1 is 1.50 bits per heavy atom. The van der Waals surface area contributed by atoms with Gasteiger partial charge in [-0.2, -0.15) is 0 Å². The predicted octanol–water partition coefficient (Wildman–Crippen LogP) is 2.26. The summed E-state index contributed by atoms with van der Waals surface area (Å²) in [7, 11) is 1.68. The van der Waals surface area contributed by atoms with Crippen LogP contribution < -0.4 is 5.73 Å². The average Bonchev–Trinajstić information content (AvgIpc) is 2.66. The van der Waals surface area contributed by atoms with E-state index in [1.54, 1.807) is 18.4 Å². The molecule has 1 aromatic rings. The maximum atomic E-state index is 6.23. The van der Waals surface area contributed by atoms with Crippen molar-refractivity contribution in [3.63, 3.8) is 0 Å². The maximum Gasteiger partial charge on any atom is 0.119 e. The molecule has 0 fully saturated rings. The van der Waals surface area contributed by atoms with Gasteiger partial charge in [0.1, 0.15) is 5.01 Å². The lowest BCUT2D eigenvalue weighted by molar-refractivity contribution is 0.184. The van der Waals surface area contributed by atoms with Gasteiger partial charge in [0.2, 0.25) is 0 Å². The fourth-order valence-electron chi connectivity index (χ4n) is 1.34. The summed E-state index contributed by atoms with van der Waals surface area (Å²) < 4.78 is 5.03. The Labute approximate surface area is 89.3 Å². The largest absolute Gasteiger partial charge is 0.378 e. The molecule has 0 saturated heterocycles. The summed E-state index contributed by atoms with van der Waals surface area (Å²) in [5.74, 6) is 0. The van der Waals surface area contributed by atoms with Crippen LogP contribution in [0, 0.1) is 0 Å². The van der Waals surface area contributed by atoms with Crippen molar-refractivity contribution in [2.75, 3.05) is 7.11 Å². The minimum Gasteiger partial charge on any atom is -0.378 e. The predicted molar refractivity (Wildman–Crippen MR) is 59.3 cm³/mol. The summed E-state index contributed by atoms with van der Waals surface area (Å²) in [5, 5.41) is 3.04. The van der Waals surface area contributed by atoms with Crippen molar-refractivity contribution < 1.29 is 4.74 Å². The molecular weight excluding hydrogens is 196 g/mol. The maximum absolute atomic E-state index is 6.23. The summed E-state index contributed by atoms with van der Waals surface area (Å²) in [4.78, 5) is 4.48. The van der Waals surface area contributed by atoms with Crippen molar-refractivity contribution in [3.8, 4) is 0 Å². The Kier molecular flexibility index (Phi) is 4.04. The van der Waals surface area contributed by atoms with Crippen LogP contribution in [0.25, 0.3) is 0 Å². The lowest BCUT2D eigenvalue weighted by Crippen LogP contribution is -2.35. The average molecular weight is 214 g/mol. The van der Waals surface area contributed by atoms with E-state index in [2.05, 4.69) is 18.8 Å². The highest BCUT2D eigenvalue weighted by atomic mass is 32.1. The van der Waals surface area contributed by atoms with E-state index in [9.17, 15) is 0 Å². The van der Waals surface area contributed by atoms with E-state index in [1.807, 2.05) is 5.38 Å². The highest BCUT2D eigenvalue weighted by Crippen LogP contribution is 2.26. The normalized spacial score (nSPS) is 12.0. The number of ether oxygens (including phenoxy) is 1. The minimum atomic E-state index is -0.261. The van der Waals surface area contributed by atoms with Gasteiger partial charge in [0.25, 0.3) is 0 Å². The standard InChI is InChI=1S/C10H18N2OS/c1-4-10(11,5-2)8-7-14-9(12-8)6-13-3/h7H,4-6,11H2,1-3H3. The molecule has 0 radical (unpaired) electrons. The van der Waals surface area contributed by atoms with Gasteiger partial charge < -0.3 is 10.5 Å². The molecule has 1 rings (SSSR count). The van der Waals surface area contributed by atoms with Crippen LogP contribution >= 0.6 is 11.3 Å². The van der Waals surface area contributed by atoms with Gasteiger partial charge in [0.15, 0.2) is 0 Å². The Morgan fingerprint density at radius 2 is 2.14 bits per heavy atom. The van der Waals surface area contributed by atoms with Crippen LogP contribution in [0.4, 0.5) is 0 Å². The molecule has 4 heteroatoms. The number of aromatic nitrogens is 1. The number of hydrogen-bond acceptors (Lipinski definition) is 4. The molecule has 0 aromatic carbocycles. The summed E-state index contributed by atoms with van der Waals surface area (Å²) in [5.41, 5.74) is 6.97. The van der Waals surface area contributed by atoms with Gasteiger partial charge in [-0.25, -0.2) is 4.98 Å². The lowest BCUT2D eigenvalue weighted by Gasteiger charge is -2.24. The zero-order valence-electron chi connectivity index (χ0n) is 9.04. The Balaban J connectivity index is 2.84. The molecule has 2 N–H and O–H groups in total. The monoisotopic (exact) mass is 214 g/mol. The highest BCUT2D eigenvalue weighted by molar-refractivity contribution is 7.09. The zero-order valence-corrected chi connectivity index (χ0v) is 9.86. The van der Waals surface area contributed by atoms with Gasteiger partial charge in [-0.1, -0.05) is 13.8 Å². The second kappa shape index (κ2) is 4.87. The highest BCUT2D eigenvalue weighted by Gasteiger charge is 2.25. The number of rotatable bonds is 5. The smallest absolute Gasteiger partial charge is 0.119 e. The molecule has 0 amide bonds. The van der Waals surface area contributed by atoms with Crippen molar-refractivity contribution in [2.45, 2.75) is 38.8 Å². The summed E-state index contributed by atoms with van der Waals surface area (Å²) >= 11 is 1.62. The van der Waals surface area contributed by atoms with E-state index in [-0.39, 0.29) is 5.54 Å². The fourth-order valence-corrected chi connectivity index (χ4v) is 2.21. The first kappa shape index (κ1) is 11.6. The number of methoxy groups -OCH3 is 1. The molecule has 1 aromatic heterocycles. The van der Waals surface area contributed by atoms with Gasteiger partial charge in [0.05, 0.1) is 17.8 Å². The van der Waals surface area contributed by atoms with Gasteiger partial charge in [-0.05, 0) is 12.8 Å². The summed E-state index contributed by atoms with van der Waals surface area (Å²) in [6.07, 6.45) is 1.83. The Bertz CT molecular complexity index is 281. The molecule has 1 heterocycles. The van der Waals surface area contributed by atoms with E-state index in [0.717, 1.165) is 23.5 Å². The number of nitrogens with zero attached hydrogens (tertiary/aromatic N) is 1. The quantitative estimate of drug-likeness (QED) is 0.818. The van der Waals surface area contributed by atoms with E-state index in [4.69, 9.17) is 10.5 Å². The van der Waals surface area contributed by atoms with Gasteiger partial charge in [0, 0.05) is 12.5 Å². The Hall–Kier alpha value is -0.450. The van der Waals surface area contributed by atoms with E-state index in [0.29, 0.717) is 6.61 Å². The van der Waals surface area contributed by atoms with Crippen LogP contribution in [0.15, 0.2) is 5.38 Å². The minimum absolute atomic E-state index is 0.261. The fraction of sp³-hybridized carbons (Fsp3) is 0.700. The van der Waals surface area contributed by atoms with Gasteiger partial charge in [-0.15, -0.1) is 11.3 Å².